The number of rotatable bonds is 6. The lowest BCUT2D eigenvalue weighted by atomic mass is 10.1. The van der Waals surface area contributed by atoms with Crippen molar-refractivity contribution in [3.05, 3.63) is 59.2 Å². The summed E-state index contributed by atoms with van der Waals surface area (Å²) in [5, 5.41) is 2.58. The van der Waals surface area contributed by atoms with E-state index in [2.05, 4.69) is 10.0 Å². The van der Waals surface area contributed by atoms with E-state index in [1.807, 2.05) is 4.90 Å². The maximum atomic E-state index is 13.2. The largest absolute Gasteiger partial charge is 0.416 e. The number of sulfonamides is 1. The maximum Gasteiger partial charge on any atom is 0.416 e. The van der Waals surface area contributed by atoms with E-state index < -0.39 is 27.7 Å². The van der Waals surface area contributed by atoms with Crippen LogP contribution in [0.3, 0.4) is 0 Å². The summed E-state index contributed by atoms with van der Waals surface area (Å²) in [4.78, 5) is 28.2. The van der Waals surface area contributed by atoms with Gasteiger partial charge < -0.3 is 10.2 Å². The smallest absolute Gasteiger partial charge is 0.336 e. The van der Waals surface area contributed by atoms with Crippen molar-refractivity contribution in [1.82, 2.24) is 9.80 Å². The first-order valence-corrected chi connectivity index (χ1v) is 12.3. The molecule has 1 saturated heterocycles. The van der Waals surface area contributed by atoms with Crippen LogP contribution in [0.4, 0.5) is 24.5 Å². The molecule has 1 heterocycles. The Morgan fingerprint density at radius 3 is 2.15 bits per heavy atom. The van der Waals surface area contributed by atoms with Crippen LogP contribution in [-0.2, 0) is 27.5 Å². The van der Waals surface area contributed by atoms with E-state index >= 15 is 0 Å². The Morgan fingerprint density at radius 1 is 1.00 bits per heavy atom. The predicted octanol–water partition coefficient (Wildman–Crippen LogP) is 2.99. The van der Waals surface area contributed by atoms with Gasteiger partial charge >= 0.3 is 6.18 Å². The summed E-state index contributed by atoms with van der Waals surface area (Å²) in [5.41, 5.74) is 0.597. The highest BCUT2D eigenvalue weighted by Crippen LogP contribution is 2.29. The SMILES string of the molecule is CC(=O)Nc1ccc(NS(C)(=O)=O)c(C(=O)N2CCN(Cc3ccc(C(F)(F)F)cc3)CC2)c1. The lowest BCUT2D eigenvalue weighted by molar-refractivity contribution is -0.137. The summed E-state index contributed by atoms with van der Waals surface area (Å²) in [5.74, 6) is -0.730. The topological polar surface area (TPSA) is 98.8 Å². The minimum atomic E-state index is -4.38. The lowest BCUT2D eigenvalue weighted by Gasteiger charge is -2.35. The van der Waals surface area contributed by atoms with Gasteiger partial charge in [0.25, 0.3) is 5.91 Å². The normalized spacial score (nSPS) is 15.1. The van der Waals surface area contributed by atoms with Crippen LogP contribution < -0.4 is 10.0 Å². The molecule has 0 bridgehead atoms. The molecule has 2 N–H and O–H groups in total. The van der Waals surface area contributed by atoms with Crippen molar-refractivity contribution in [3.8, 4) is 0 Å². The van der Waals surface area contributed by atoms with Crippen molar-refractivity contribution < 1.29 is 31.2 Å². The Labute approximate surface area is 195 Å². The van der Waals surface area contributed by atoms with Gasteiger partial charge in [-0.2, -0.15) is 13.2 Å². The first-order valence-electron chi connectivity index (χ1n) is 10.4. The van der Waals surface area contributed by atoms with Crippen LogP contribution in [0.15, 0.2) is 42.5 Å². The molecule has 0 aromatic heterocycles. The van der Waals surface area contributed by atoms with Crippen LogP contribution in [0, 0.1) is 0 Å². The number of carbonyl (C=O) groups is 2. The van der Waals surface area contributed by atoms with Gasteiger partial charge in [0.1, 0.15) is 0 Å². The molecule has 1 aliphatic heterocycles. The quantitative estimate of drug-likeness (QED) is 0.638. The zero-order valence-electron chi connectivity index (χ0n) is 18.6. The molecule has 2 amide bonds. The molecule has 0 saturated carbocycles. The van der Waals surface area contributed by atoms with Crippen molar-refractivity contribution >= 4 is 33.2 Å². The molecule has 8 nitrogen and oxygen atoms in total. The van der Waals surface area contributed by atoms with Gasteiger partial charge in [0.15, 0.2) is 0 Å². The molecule has 1 fully saturated rings. The number of anilines is 2. The zero-order chi connectivity index (χ0) is 25.1. The van der Waals surface area contributed by atoms with Gasteiger partial charge in [-0.15, -0.1) is 0 Å². The second kappa shape index (κ2) is 10.0. The van der Waals surface area contributed by atoms with Crippen molar-refractivity contribution in [1.29, 1.82) is 0 Å². The number of hydrogen-bond acceptors (Lipinski definition) is 5. The summed E-state index contributed by atoms with van der Waals surface area (Å²) in [6.45, 7) is 3.45. The minimum Gasteiger partial charge on any atom is -0.336 e. The number of alkyl halides is 3. The average molecular weight is 499 g/mol. The van der Waals surface area contributed by atoms with Crippen molar-refractivity contribution in [3.63, 3.8) is 0 Å². The van der Waals surface area contributed by atoms with E-state index in [1.54, 1.807) is 4.90 Å². The van der Waals surface area contributed by atoms with Gasteiger partial charge in [-0.05, 0) is 35.9 Å². The number of hydrogen-bond donors (Lipinski definition) is 2. The highest BCUT2D eigenvalue weighted by molar-refractivity contribution is 7.92. The first kappa shape index (κ1) is 25.5. The molecular formula is C22H25F3N4O4S. The van der Waals surface area contributed by atoms with Crippen LogP contribution in [0.25, 0.3) is 0 Å². The van der Waals surface area contributed by atoms with Gasteiger partial charge in [-0.1, -0.05) is 12.1 Å². The molecule has 1 aliphatic rings. The molecule has 2 aromatic rings. The maximum absolute atomic E-state index is 13.2. The highest BCUT2D eigenvalue weighted by Gasteiger charge is 2.30. The van der Waals surface area contributed by atoms with Crippen LogP contribution in [0.1, 0.15) is 28.4 Å². The molecule has 0 radical (unpaired) electrons. The Bertz CT molecular complexity index is 1160. The third-order valence-electron chi connectivity index (χ3n) is 5.21. The molecular weight excluding hydrogens is 473 g/mol. The molecule has 12 heteroatoms. The zero-order valence-corrected chi connectivity index (χ0v) is 19.5. The Hall–Kier alpha value is -3.12. The molecule has 0 aliphatic carbocycles. The molecule has 0 unspecified atom stereocenters. The number of piperazine rings is 1. The average Bonchev–Trinajstić information content (AvgIpc) is 2.73. The fourth-order valence-electron chi connectivity index (χ4n) is 3.63. The molecule has 0 atom stereocenters. The van der Waals surface area contributed by atoms with E-state index in [-0.39, 0.29) is 17.2 Å². The van der Waals surface area contributed by atoms with E-state index in [1.165, 1.54) is 37.3 Å². The summed E-state index contributed by atoms with van der Waals surface area (Å²) in [6.07, 6.45) is -3.41. The van der Waals surface area contributed by atoms with Gasteiger partial charge in [0, 0.05) is 45.3 Å². The number of halogens is 3. The molecule has 2 aromatic carbocycles. The van der Waals surface area contributed by atoms with Crippen LogP contribution in [0.2, 0.25) is 0 Å². The Balaban J connectivity index is 1.69. The molecule has 0 spiro atoms. The van der Waals surface area contributed by atoms with E-state index in [4.69, 9.17) is 0 Å². The van der Waals surface area contributed by atoms with E-state index in [9.17, 15) is 31.2 Å². The standard InChI is InChI=1S/C22H25F3N4O4S/c1-15(30)26-18-7-8-20(27-34(2,32)33)19(13-18)21(31)29-11-9-28(10-12-29)14-16-3-5-17(6-4-16)22(23,24)25/h3-8,13,27H,9-12,14H2,1-2H3,(H,26,30). The van der Waals surface area contributed by atoms with E-state index in [0.29, 0.717) is 38.4 Å². The predicted molar refractivity (Wildman–Crippen MR) is 122 cm³/mol. The van der Waals surface area contributed by atoms with Crippen molar-refractivity contribution in [2.75, 3.05) is 42.5 Å². The third-order valence-corrected chi connectivity index (χ3v) is 5.80. The Kier molecular flexibility index (Phi) is 7.51. The van der Waals surface area contributed by atoms with E-state index in [0.717, 1.165) is 24.0 Å². The third kappa shape index (κ3) is 6.94. The Morgan fingerprint density at radius 2 is 1.62 bits per heavy atom. The van der Waals surface area contributed by atoms with Crippen molar-refractivity contribution in [2.45, 2.75) is 19.6 Å². The van der Waals surface area contributed by atoms with Crippen LogP contribution in [-0.4, -0.2) is 62.5 Å². The monoisotopic (exact) mass is 498 g/mol. The number of carbonyl (C=O) groups excluding carboxylic acids is 2. The van der Waals surface area contributed by atoms with Crippen LogP contribution >= 0.6 is 0 Å². The summed E-state index contributed by atoms with van der Waals surface area (Å²) in [7, 11) is -3.64. The molecule has 3 rings (SSSR count). The van der Waals surface area contributed by atoms with Crippen LogP contribution in [0.5, 0.6) is 0 Å². The lowest BCUT2D eigenvalue weighted by Crippen LogP contribution is -2.48. The summed E-state index contributed by atoms with van der Waals surface area (Å²) in [6, 6.07) is 9.31. The first-order chi connectivity index (χ1) is 15.8. The number of nitrogens with one attached hydrogen (secondary N) is 2. The van der Waals surface area contributed by atoms with Gasteiger partial charge in [0.2, 0.25) is 15.9 Å². The van der Waals surface area contributed by atoms with Gasteiger partial charge in [0.05, 0.1) is 23.1 Å². The second-order valence-corrected chi connectivity index (χ2v) is 9.83. The molecule has 34 heavy (non-hydrogen) atoms. The van der Waals surface area contributed by atoms with Gasteiger partial charge in [-0.25, -0.2) is 8.42 Å². The second-order valence-electron chi connectivity index (χ2n) is 8.08. The number of benzene rings is 2. The molecule has 184 valence electrons. The minimum absolute atomic E-state index is 0.105. The number of amides is 2. The summed E-state index contributed by atoms with van der Waals surface area (Å²) >= 11 is 0. The van der Waals surface area contributed by atoms with Gasteiger partial charge in [-0.3, -0.25) is 19.2 Å². The summed E-state index contributed by atoms with van der Waals surface area (Å²) < 4.78 is 64.0. The fraction of sp³-hybridized carbons (Fsp3) is 0.364. The highest BCUT2D eigenvalue weighted by atomic mass is 32.2. The number of nitrogens with zero attached hydrogens (tertiary/aromatic N) is 2. The van der Waals surface area contributed by atoms with Crippen molar-refractivity contribution in [2.24, 2.45) is 0 Å². The fourth-order valence-corrected chi connectivity index (χ4v) is 4.21.